The average molecular weight is 243 g/mol. The Kier molecular flexibility index (Phi) is 5.71. The van der Waals surface area contributed by atoms with E-state index in [1.165, 1.54) is 0 Å². The summed E-state index contributed by atoms with van der Waals surface area (Å²) in [5.74, 6) is 0. The maximum absolute atomic E-state index is 12.0. The highest BCUT2D eigenvalue weighted by Gasteiger charge is 2.28. The van der Waals surface area contributed by atoms with Crippen molar-refractivity contribution in [2.24, 2.45) is 0 Å². The van der Waals surface area contributed by atoms with E-state index in [2.05, 4.69) is 10.2 Å². The summed E-state index contributed by atoms with van der Waals surface area (Å²) in [6, 6.07) is 0.147. The second kappa shape index (κ2) is 6.81. The van der Waals surface area contributed by atoms with Crippen LogP contribution < -0.4 is 5.32 Å². The zero-order chi connectivity index (χ0) is 12.8. The molecule has 2 unspecified atom stereocenters. The number of rotatable bonds is 5. The number of carbonyl (C=O) groups is 1. The van der Waals surface area contributed by atoms with E-state index >= 15 is 0 Å². The summed E-state index contributed by atoms with van der Waals surface area (Å²) in [6.07, 6.45) is 2.84. The van der Waals surface area contributed by atoms with Crippen LogP contribution in [0.15, 0.2) is 0 Å². The van der Waals surface area contributed by atoms with Gasteiger partial charge in [0.25, 0.3) is 0 Å². The molecule has 2 atom stereocenters. The van der Waals surface area contributed by atoms with E-state index in [0.29, 0.717) is 0 Å². The molecule has 1 aliphatic rings. The lowest BCUT2D eigenvalue weighted by molar-refractivity contribution is 0.154. The predicted molar refractivity (Wildman–Crippen MR) is 68.0 cm³/mol. The Morgan fingerprint density at radius 1 is 1.59 bits per heavy atom. The summed E-state index contributed by atoms with van der Waals surface area (Å²) in [5.41, 5.74) is 0. The van der Waals surface area contributed by atoms with Crippen molar-refractivity contribution in [3.63, 3.8) is 0 Å². The molecule has 1 heterocycles. The molecule has 1 fully saturated rings. The summed E-state index contributed by atoms with van der Waals surface area (Å²) in [7, 11) is 4.05. The summed E-state index contributed by atoms with van der Waals surface area (Å²) < 4.78 is 0. The molecular weight excluding hydrogens is 218 g/mol. The lowest BCUT2D eigenvalue weighted by Crippen LogP contribution is -2.47. The van der Waals surface area contributed by atoms with Gasteiger partial charge in [0.05, 0.1) is 12.6 Å². The molecule has 17 heavy (non-hydrogen) atoms. The van der Waals surface area contributed by atoms with Gasteiger partial charge in [-0.15, -0.1) is 0 Å². The first-order chi connectivity index (χ1) is 8.04. The number of aliphatic hydroxyl groups excluding tert-OH is 1. The first-order valence-corrected chi connectivity index (χ1v) is 6.37. The van der Waals surface area contributed by atoms with Crippen LogP contribution in [0.25, 0.3) is 0 Å². The second-order valence-electron chi connectivity index (χ2n) is 5.11. The third kappa shape index (κ3) is 4.52. The molecule has 5 heteroatoms. The minimum absolute atomic E-state index is 0.0102. The number of hydrogen-bond acceptors (Lipinski definition) is 3. The van der Waals surface area contributed by atoms with Gasteiger partial charge < -0.3 is 20.2 Å². The topological polar surface area (TPSA) is 55.8 Å². The highest BCUT2D eigenvalue weighted by molar-refractivity contribution is 5.75. The first-order valence-electron chi connectivity index (χ1n) is 6.37. The number of carbonyl (C=O) groups excluding carboxylic acids is 1. The zero-order valence-corrected chi connectivity index (χ0v) is 11.1. The fraction of sp³-hybridized carbons (Fsp3) is 0.917. The van der Waals surface area contributed by atoms with Gasteiger partial charge in [-0.05, 0) is 46.8 Å². The van der Waals surface area contributed by atoms with E-state index in [9.17, 15) is 4.79 Å². The fourth-order valence-corrected chi connectivity index (χ4v) is 2.11. The molecular formula is C12H25N3O2. The van der Waals surface area contributed by atoms with Crippen LogP contribution in [-0.2, 0) is 0 Å². The number of nitrogens with one attached hydrogen (secondary N) is 1. The number of likely N-dealkylation sites (tertiary alicyclic amines) is 1. The molecule has 0 aromatic heterocycles. The molecule has 1 saturated heterocycles. The fourth-order valence-electron chi connectivity index (χ4n) is 2.11. The van der Waals surface area contributed by atoms with E-state index in [1.54, 1.807) is 4.90 Å². The van der Waals surface area contributed by atoms with Crippen LogP contribution in [0.5, 0.6) is 0 Å². The first kappa shape index (κ1) is 14.3. The Balaban J connectivity index is 2.32. The molecule has 0 aromatic rings. The van der Waals surface area contributed by atoms with Crippen LogP contribution in [0.3, 0.4) is 0 Å². The average Bonchev–Trinajstić information content (AvgIpc) is 2.74. The number of aliphatic hydroxyl groups is 1. The van der Waals surface area contributed by atoms with Crippen LogP contribution in [0.4, 0.5) is 4.79 Å². The van der Waals surface area contributed by atoms with Crippen molar-refractivity contribution in [2.75, 3.05) is 33.8 Å². The lowest BCUT2D eigenvalue weighted by Gasteiger charge is -2.26. The van der Waals surface area contributed by atoms with Crippen molar-refractivity contribution in [1.82, 2.24) is 15.1 Å². The van der Waals surface area contributed by atoms with Crippen LogP contribution in [0.2, 0.25) is 0 Å². The van der Waals surface area contributed by atoms with Gasteiger partial charge in [-0.25, -0.2) is 4.79 Å². The van der Waals surface area contributed by atoms with E-state index in [4.69, 9.17) is 5.11 Å². The van der Waals surface area contributed by atoms with E-state index in [-0.39, 0.29) is 24.7 Å². The summed E-state index contributed by atoms with van der Waals surface area (Å²) >= 11 is 0. The van der Waals surface area contributed by atoms with Crippen molar-refractivity contribution in [3.8, 4) is 0 Å². The molecule has 0 bridgehead atoms. The van der Waals surface area contributed by atoms with E-state index in [0.717, 1.165) is 32.4 Å². The maximum Gasteiger partial charge on any atom is 0.317 e. The van der Waals surface area contributed by atoms with Gasteiger partial charge in [-0.3, -0.25) is 0 Å². The highest BCUT2D eigenvalue weighted by Crippen LogP contribution is 2.16. The van der Waals surface area contributed by atoms with Crippen LogP contribution in [-0.4, -0.2) is 66.8 Å². The Morgan fingerprint density at radius 3 is 2.88 bits per heavy atom. The lowest BCUT2D eigenvalue weighted by atomic mass is 10.2. The third-order valence-electron chi connectivity index (χ3n) is 3.23. The maximum atomic E-state index is 12.0. The van der Waals surface area contributed by atoms with Gasteiger partial charge >= 0.3 is 6.03 Å². The Hall–Kier alpha value is -0.810. The van der Waals surface area contributed by atoms with Crippen LogP contribution >= 0.6 is 0 Å². The minimum atomic E-state index is -0.0344. The molecule has 0 aromatic carbocycles. The van der Waals surface area contributed by atoms with Gasteiger partial charge in [-0.2, -0.15) is 0 Å². The minimum Gasteiger partial charge on any atom is -0.394 e. The SMILES string of the molecule is CC(CCN(C)C)NC(=O)N1CCCC1CO. The Labute approximate surface area is 104 Å². The summed E-state index contributed by atoms with van der Waals surface area (Å²) in [4.78, 5) is 15.8. The van der Waals surface area contributed by atoms with Gasteiger partial charge in [0.15, 0.2) is 0 Å². The number of nitrogens with zero attached hydrogens (tertiary/aromatic N) is 2. The van der Waals surface area contributed by atoms with Crippen molar-refractivity contribution in [3.05, 3.63) is 0 Å². The van der Waals surface area contributed by atoms with Gasteiger partial charge in [0.2, 0.25) is 0 Å². The van der Waals surface area contributed by atoms with Crippen LogP contribution in [0, 0.1) is 0 Å². The number of urea groups is 1. The van der Waals surface area contributed by atoms with Crippen molar-refractivity contribution >= 4 is 6.03 Å². The van der Waals surface area contributed by atoms with Crippen molar-refractivity contribution in [1.29, 1.82) is 0 Å². The smallest absolute Gasteiger partial charge is 0.317 e. The third-order valence-corrected chi connectivity index (χ3v) is 3.23. The highest BCUT2D eigenvalue weighted by atomic mass is 16.3. The zero-order valence-electron chi connectivity index (χ0n) is 11.1. The summed E-state index contributed by atoms with van der Waals surface area (Å²) in [6.45, 7) is 3.81. The molecule has 0 spiro atoms. The molecule has 2 N–H and O–H groups in total. The molecule has 0 radical (unpaired) electrons. The molecule has 1 rings (SSSR count). The monoisotopic (exact) mass is 243 g/mol. The van der Waals surface area contributed by atoms with Crippen LogP contribution in [0.1, 0.15) is 26.2 Å². The van der Waals surface area contributed by atoms with Crippen molar-refractivity contribution < 1.29 is 9.90 Å². The molecule has 2 amide bonds. The largest absolute Gasteiger partial charge is 0.394 e. The molecule has 1 aliphatic heterocycles. The molecule has 0 saturated carbocycles. The quantitative estimate of drug-likeness (QED) is 0.739. The Morgan fingerprint density at radius 2 is 2.29 bits per heavy atom. The van der Waals surface area contributed by atoms with Gasteiger partial charge in [-0.1, -0.05) is 0 Å². The van der Waals surface area contributed by atoms with Crippen molar-refractivity contribution in [2.45, 2.75) is 38.3 Å². The normalized spacial score (nSPS) is 21.9. The van der Waals surface area contributed by atoms with Gasteiger partial charge in [0, 0.05) is 12.6 Å². The molecule has 0 aliphatic carbocycles. The Bertz CT molecular complexity index is 246. The van der Waals surface area contributed by atoms with E-state index < -0.39 is 0 Å². The standard InChI is InChI=1S/C12H25N3O2/c1-10(6-8-14(2)3)13-12(17)15-7-4-5-11(15)9-16/h10-11,16H,4-9H2,1-3H3,(H,13,17). The summed E-state index contributed by atoms with van der Waals surface area (Å²) in [5, 5.41) is 12.2. The predicted octanol–water partition coefficient (Wildman–Crippen LogP) is 0.493. The molecule has 5 nitrogen and oxygen atoms in total. The number of hydrogen-bond donors (Lipinski definition) is 2. The van der Waals surface area contributed by atoms with Gasteiger partial charge in [0.1, 0.15) is 0 Å². The second-order valence-corrected chi connectivity index (χ2v) is 5.11. The van der Waals surface area contributed by atoms with E-state index in [1.807, 2.05) is 21.0 Å². The molecule has 100 valence electrons. The number of amides is 2.